The molecule has 0 N–H and O–H groups in total. The van der Waals surface area contributed by atoms with Crippen LogP contribution in [0.2, 0.25) is 0 Å². The van der Waals surface area contributed by atoms with Crippen molar-refractivity contribution in [3.8, 4) is 0 Å². The Labute approximate surface area is 52.8 Å². The first kappa shape index (κ1) is 9.58. The van der Waals surface area contributed by atoms with Gasteiger partial charge in [-0.15, -0.1) is 0 Å². The highest BCUT2D eigenvalue weighted by atomic mass is 19.3. The Bertz CT molecular complexity index is 97.9. The van der Waals surface area contributed by atoms with Crippen LogP contribution < -0.4 is 0 Å². The summed E-state index contributed by atoms with van der Waals surface area (Å²) in [7, 11) is 0. The molecule has 10 heavy (non-hydrogen) atoms. The highest BCUT2D eigenvalue weighted by molar-refractivity contribution is 4.88. The topological polar surface area (TPSA) is 0 Å². The van der Waals surface area contributed by atoms with Gasteiger partial charge in [-0.05, 0) is 0 Å². The lowest BCUT2D eigenvalue weighted by molar-refractivity contribution is -0.116. The third-order valence-corrected chi connectivity index (χ3v) is 0.639. The first-order valence-electron chi connectivity index (χ1n) is 2.16. The SMILES string of the molecule is FC(F)[CH]C(F)(F)C(F)F. The lowest BCUT2D eigenvalue weighted by Crippen LogP contribution is -2.29. The summed E-state index contributed by atoms with van der Waals surface area (Å²) in [5.74, 6) is -4.69. The molecule has 0 aromatic rings. The van der Waals surface area contributed by atoms with Crippen LogP contribution in [0.25, 0.3) is 0 Å². The molecule has 6 heteroatoms. The number of halogens is 6. The summed E-state index contributed by atoms with van der Waals surface area (Å²) in [6.45, 7) is 0. The predicted molar refractivity (Wildman–Crippen MR) is 21.3 cm³/mol. The van der Waals surface area contributed by atoms with Crippen LogP contribution in [0.3, 0.4) is 0 Å². The van der Waals surface area contributed by atoms with Crippen LogP contribution >= 0.6 is 0 Å². The van der Waals surface area contributed by atoms with Crippen LogP contribution in [-0.2, 0) is 0 Å². The van der Waals surface area contributed by atoms with Crippen molar-refractivity contribution in [1.82, 2.24) is 0 Å². The van der Waals surface area contributed by atoms with E-state index in [9.17, 15) is 26.3 Å². The summed E-state index contributed by atoms with van der Waals surface area (Å²) in [6, 6.07) is 0. The van der Waals surface area contributed by atoms with Gasteiger partial charge in [-0.25, -0.2) is 17.6 Å². The van der Waals surface area contributed by atoms with Gasteiger partial charge < -0.3 is 0 Å². The van der Waals surface area contributed by atoms with E-state index in [1.807, 2.05) is 0 Å². The predicted octanol–water partition coefficient (Wildman–Crippen LogP) is 2.36. The van der Waals surface area contributed by atoms with Crippen molar-refractivity contribution in [2.75, 3.05) is 0 Å². The summed E-state index contributed by atoms with van der Waals surface area (Å²) in [5.41, 5.74) is 0. The van der Waals surface area contributed by atoms with Crippen LogP contribution in [0.15, 0.2) is 0 Å². The maximum Gasteiger partial charge on any atom is 0.316 e. The molecular weight excluding hydrogens is 162 g/mol. The van der Waals surface area contributed by atoms with Crippen LogP contribution in [0.4, 0.5) is 26.3 Å². The van der Waals surface area contributed by atoms with Gasteiger partial charge in [-0.1, -0.05) is 0 Å². The quantitative estimate of drug-likeness (QED) is 0.563. The van der Waals surface area contributed by atoms with Crippen molar-refractivity contribution in [1.29, 1.82) is 0 Å². The largest absolute Gasteiger partial charge is 0.316 e. The number of rotatable bonds is 3. The highest BCUT2D eigenvalue weighted by Gasteiger charge is 2.43. The first-order valence-corrected chi connectivity index (χ1v) is 2.16. The van der Waals surface area contributed by atoms with Gasteiger partial charge in [-0.2, -0.15) is 8.78 Å². The zero-order valence-electron chi connectivity index (χ0n) is 4.50. The van der Waals surface area contributed by atoms with Crippen molar-refractivity contribution in [2.45, 2.75) is 18.8 Å². The second-order valence-electron chi connectivity index (χ2n) is 1.48. The Morgan fingerprint density at radius 2 is 1.40 bits per heavy atom. The molecule has 0 spiro atoms. The molecule has 0 unspecified atom stereocenters. The first-order chi connectivity index (χ1) is 4.36. The van der Waals surface area contributed by atoms with E-state index >= 15 is 0 Å². The van der Waals surface area contributed by atoms with Crippen molar-refractivity contribution >= 4 is 0 Å². The Morgan fingerprint density at radius 1 is 1.00 bits per heavy atom. The van der Waals surface area contributed by atoms with Crippen LogP contribution in [0.1, 0.15) is 0 Å². The fourth-order valence-corrected chi connectivity index (χ4v) is 0.241. The van der Waals surface area contributed by atoms with Crippen LogP contribution in [0, 0.1) is 6.42 Å². The summed E-state index contributed by atoms with van der Waals surface area (Å²) < 4.78 is 67.2. The average molecular weight is 165 g/mol. The Morgan fingerprint density at radius 3 is 1.50 bits per heavy atom. The molecule has 0 atom stereocenters. The van der Waals surface area contributed by atoms with Gasteiger partial charge in [0.25, 0.3) is 0 Å². The molecule has 0 bridgehead atoms. The summed E-state index contributed by atoms with van der Waals surface area (Å²) in [4.78, 5) is 0. The molecule has 0 saturated heterocycles. The zero-order valence-corrected chi connectivity index (χ0v) is 4.50. The van der Waals surface area contributed by atoms with Crippen molar-refractivity contribution in [2.24, 2.45) is 0 Å². The molecule has 0 amide bonds. The molecule has 0 heterocycles. The maximum absolute atomic E-state index is 11.5. The minimum atomic E-state index is -4.69. The van der Waals surface area contributed by atoms with E-state index in [1.54, 1.807) is 0 Å². The second kappa shape index (κ2) is 3.12. The maximum atomic E-state index is 11.5. The highest BCUT2D eigenvalue weighted by Crippen LogP contribution is 2.28. The third-order valence-electron chi connectivity index (χ3n) is 0.639. The van der Waals surface area contributed by atoms with Gasteiger partial charge in [-0.3, -0.25) is 0 Å². The van der Waals surface area contributed by atoms with Crippen LogP contribution in [-0.4, -0.2) is 18.8 Å². The van der Waals surface area contributed by atoms with E-state index in [2.05, 4.69) is 0 Å². The molecule has 0 aliphatic rings. The van der Waals surface area contributed by atoms with Gasteiger partial charge in [0, 0.05) is 0 Å². The summed E-state index contributed by atoms with van der Waals surface area (Å²) >= 11 is 0. The van der Waals surface area contributed by atoms with Crippen molar-refractivity contribution in [3.63, 3.8) is 0 Å². The molecule has 0 fully saturated rings. The summed E-state index contributed by atoms with van der Waals surface area (Å²) in [5, 5.41) is 0. The fraction of sp³-hybridized carbons (Fsp3) is 0.750. The summed E-state index contributed by atoms with van der Waals surface area (Å²) in [6.07, 6.45) is -8.58. The Kier molecular flexibility index (Phi) is 2.98. The van der Waals surface area contributed by atoms with Gasteiger partial charge in [0.15, 0.2) is 0 Å². The Balaban J connectivity index is 3.87. The minimum absolute atomic E-state index is 0.988. The molecule has 61 valence electrons. The van der Waals surface area contributed by atoms with E-state index < -0.39 is 25.2 Å². The monoisotopic (exact) mass is 165 g/mol. The molecule has 0 aliphatic heterocycles. The molecule has 0 aliphatic carbocycles. The smallest absolute Gasteiger partial charge is 0.210 e. The Hall–Kier alpha value is -0.420. The molecule has 0 aromatic carbocycles. The standard InChI is InChI=1S/C4H3F6/c5-2(6)1-4(9,10)3(7)8/h1-3H. The number of hydrogen-bond acceptors (Lipinski definition) is 0. The molecule has 0 rings (SSSR count). The lowest BCUT2D eigenvalue weighted by Gasteiger charge is -2.12. The van der Waals surface area contributed by atoms with E-state index in [4.69, 9.17) is 0 Å². The minimum Gasteiger partial charge on any atom is -0.210 e. The number of alkyl halides is 6. The van der Waals surface area contributed by atoms with Gasteiger partial charge in [0.1, 0.15) is 6.42 Å². The van der Waals surface area contributed by atoms with Crippen molar-refractivity contribution < 1.29 is 26.3 Å². The molecule has 0 nitrogen and oxygen atoms in total. The average Bonchev–Trinajstić information content (AvgIpc) is 1.60. The second-order valence-corrected chi connectivity index (χ2v) is 1.48. The van der Waals surface area contributed by atoms with E-state index in [0.717, 1.165) is 0 Å². The molecule has 1 radical (unpaired) electrons. The van der Waals surface area contributed by atoms with Crippen LogP contribution in [0.5, 0.6) is 0 Å². The number of hydrogen-bond donors (Lipinski definition) is 0. The fourth-order valence-electron chi connectivity index (χ4n) is 0.241. The van der Waals surface area contributed by atoms with Gasteiger partial charge in [0.05, 0.1) is 0 Å². The lowest BCUT2D eigenvalue weighted by atomic mass is 10.2. The molecule has 0 saturated carbocycles. The van der Waals surface area contributed by atoms with E-state index in [1.165, 1.54) is 0 Å². The zero-order chi connectivity index (χ0) is 8.36. The van der Waals surface area contributed by atoms with E-state index in [-0.39, 0.29) is 0 Å². The van der Waals surface area contributed by atoms with Crippen molar-refractivity contribution in [3.05, 3.63) is 6.42 Å². The molecular formula is C4H3F6. The molecule has 0 aromatic heterocycles. The third kappa shape index (κ3) is 2.93. The van der Waals surface area contributed by atoms with E-state index in [0.29, 0.717) is 0 Å². The normalized spacial score (nSPS) is 13.2. The van der Waals surface area contributed by atoms with Gasteiger partial charge in [0.2, 0.25) is 6.43 Å². The van der Waals surface area contributed by atoms with Gasteiger partial charge >= 0.3 is 12.3 Å².